The van der Waals surface area contributed by atoms with E-state index >= 15 is 0 Å². The van der Waals surface area contributed by atoms with Crippen LogP contribution in [0.3, 0.4) is 0 Å². The molecule has 0 atom stereocenters. The fraction of sp³-hybridized carbons (Fsp3) is 0.143. The summed E-state index contributed by atoms with van der Waals surface area (Å²) in [6.07, 6.45) is 1.93. The molecule has 2 heterocycles. The number of carboxylic acids is 1. The summed E-state index contributed by atoms with van der Waals surface area (Å²) in [4.78, 5) is 16.2. The first kappa shape index (κ1) is 13.4. The molecule has 0 amide bonds. The molecule has 0 saturated heterocycles. The van der Waals surface area contributed by atoms with Gasteiger partial charge in [0.2, 0.25) is 5.88 Å². The molecule has 6 nitrogen and oxygen atoms in total. The van der Waals surface area contributed by atoms with Gasteiger partial charge in [0.1, 0.15) is 5.69 Å². The van der Waals surface area contributed by atoms with Crippen molar-refractivity contribution < 1.29 is 14.6 Å². The van der Waals surface area contributed by atoms with Crippen LogP contribution in [0.25, 0.3) is 4.96 Å². The number of aromatic carboxylic acids is 1. The monoisotopic (exact) mass is 303 g/mol. The van der Waals surface area contributed by atoms with Crippen LogP contribution in [0.15, 0.2) is 35.8 Å². The Balaban J connectivity index is 1.84. The minimum atomic E-state index is -0.944. The molecular formula is C14H13N3O3S. The molecular weight excluding hydrogens is 290 g/mol. The molecule has 1 aromatic carbocycles. The van der Waals surface area contributed by atoms with Crippen LogP contribution >= 0.6 is 11.3 Å². The van der Waals surface area contributed by atoms with E-state index in [2.05, 4.69) is 10.3 Å². The van der Waals surface area contributed by atoms with E-state index < -0.39 is 5.97 Å². The van der Waals surface area contributed by atoms with Crippen molar-refractivity contribution >= 4 is 28.0 Å². The summed E-state index contributed by atoms with van der Waals surface area (Å²) in [7, 11) is 1.58. The van der Waals surface area contributed by atoms with Gasteiger partial charge in [-0.2, -0.15) is 4.98 Å². The highest BCUT2D eigenvalue weighted by molar-refractivity contribution is 7.15. The quantitative estimate of drug-likeness (QED) is 0.758. The molecule has 7 heteroatoms. The molecule has 0 saturated carbocycles. The highest BCUT2D eigenvalue weighted by Crippen LogP contribution is 2.24. The van der Waals surface area contributed by atoms with Gasteiger partial charge in [0, 0.05) is 17.3 Å². The topological polar surface area (TPSA) is 75.9 Å². The van der Waals surface area contributed by atoms with Gasteiger partial charge < -0.3 is 15.2 Å². The fourth-order valence-corrected chi connectivity index (χ4v) is 2.81. The van der Waals surface area contributed by atoms with Crippen LogP contribution in [0.1, 0.15) is 16.1 Å². The van der Waals surface area contributed by atoms with Crippen molar-refractivity contribution in [2.75, 3.05) is 12.4 Å². The van der Waals surface area contributed by atoms with Gasteiger partial charge in [-0.05, 0) is 18.2 Å². The maximum atomic E-state index is 11.0. The number of nitrogens with one attached hydrogen (secondary N) is 1. The third kappa shape index (κ3) is 2.55. The van der Waals surface area contributed by atoms with Crippen LogP contribution in [0.5, 0.6) is 5.88 Å². The smallest absolute Gasteiger partial charge is 0.335 e. The number of fused-ring (bicyclic) bond motifs is 1. The molecule has 108 valence electrons. The van der Waals surface area contributed by atoms with Crippen LogP contribution in [0.2, 0.25) is 0 Å². The zero-order valence-corrected chi connectivity index (χ0v) is 12.1. The Morgan fingerprint density at radius 2 is 2.38 bits per heavy atom. The molecule has 0 aliphatic carbocycles. The van der Waals surface area contributed by atoms with Gasteiger partial charge in [0.05, 0.1) is 19.2 Å². The van der Waals surface area contributed by atoms with Crippen LogP contribution in [0, 0.1) is 0 Å². The summed E-state index contributed by atoms with van der Waals surface area (Å²) in [5.74, 6) is -0.371. The number of carboxylic acid groups (broad SMARTS) is 1. The lowest BCUT2D eigenvalue weighted by atomic mass is 10.2. The van der Waals surface area contributed by atoms with Gasteiger partial charge in [-0.1, -0.05) is 6.07 Å². The molecule has 0 unspecified atom stereocenters. The van der Waals surface area contributed by atoms with Gasteiger partial charge in [-0.15, -0.1) is 11.3 Å². The van der Waals surface area contributed by atoms with E-state index in [0.29, 0.717) is 12.4 Å². The maximum Gasteiger partial charge on any atom is 0.335 e. The summed E-state index contributed by atoms with van der Waals surface area (Å²) >= 11 is 1.53. The van der Waals surface area contributed by atoms with Gasteiger partial charge in [-0.25, -0.2) is 4.79 Å². The standard InChI is InChI=1S/C14H13N3O3S/c1-20-12-11(17-5-6-21-14(17)16-12)8-15-10-4-2-3-9(7-10)13(18)19/h2-7,15H,8H2,1H3,(H,18,19). The molecule has 2 aromatic heterocycles. The first-order chi connectivity index (χ1) is 10.2. The van der Waals surface area contributed by atoms with Crippen molar-refractivity contribution in [1.29, 1.82) is 0 Å². The number of ether oxygens (including phenoxy) is 1. The lowest BCUT2D eigenvalue weighted by molar-refractivity contribution is 0.0697. The minimum Gasteiger partial charge on any atom is -0.480 e. The zero-order valence-electron chi connectivity index (χ0n) is 11.2. The largest absolute Gasteiger partial charge is 0.480 e. The second-order valence-corrected chi connectivity index (χ2v) is 5.24. The average Bonchev–Trinajstić information content (AvgIpc) is 3.06. The van der Waals surface area contributed by atoms with E-state index in [9.17, 15) is 4.79 Å². The van der Waals surface area contributed by atoms with Crippen LogP contribution in [-0.2, 0) is 6.54 Å². The molecule has 0 fully saturated rings. The Morgan fingerprint density at radius 1 is 1.52 bits per heavy atom. The van der Waals surface area contributed by atoms with Gasteiger partial charge >= 0.3 is 5.97 Å². The van der Waals surface area contributed by atoms with Gasteiger partial charge in [0.25, 0.3) is 0 Å². The summed E-state index contributed by atoms with van der Waals surface area (Å²) < 4.78 is 7.24. The number of rotatable bonds is 5. The zero-order chi connectivity index (χ0) is 14.8. The number of thiazole rings is 1. The molecule has 0 bridgehead atoms. The van der Waals surface area contributed by atoms with Crippen molar-refractivity contribution in [2.45, 2.75) is 6.54 Å². The first-order valence-electron chi connectivity index (χ1n) is 6.24. The summed E-state index contributed by atoms with van der Waals surface area (Å²) in [5.41, 5.74) is 1.89. The minimum absolute atomic E-state index is 0.251. The van der Waals surface area contributed by atoms with E-state index in [1.807, 2.05) is 22.0 Å². The third-order valence-electron chi connectivity index (χ3n) is 3.09. The lowest BCUT2D eigenvalue weighted by Gasteiger charge is -2.08. The molecule has 2 N–H and O–H groups in total. The number of aromatic nitrogens is 2. The number of benzene rings is 1. The van der Waals surface area contributed by atoms with Crippen molar-refractivity contribution in [3.8, 4) is 5.88 Å². The highest BCUT2D eigenvalue weighted by atomic mass is 32.1. The number of hydrogen-bond acceptors (Lipinski definition) is 5. The molecule has 0 radical (unpaired) electrons. The van der Waals surface area contributed by atoms with Gasteiger partial charge in [0.15, 0.2) is 4.96 Å². The Hall–Kier alpha value is -2.54. The average molecular weight is 303 g/mol. The van der Waals surface area contributed by atoms with Crippen LogP contribution in [-0.4, -0.2) is 27.6 Å². The Morgan fingerprint density at radius 3 is 3.14 bits per heavy atom. The first-order valence-corrected chi connectivity index (χ1v) is 7.12. The number of methoxy groups -OCH3 is 1. The second-order valence-electron chi connectivity index (χ2n) is 4.36. The fourth-order valence-electron chi connectivity index (χ4n) is 2.08. The maximum absolute atomic E-state index is 11.0. The normalized spacial score (nSPS) is 10.7. The number of imidazole rings is 1. The van der Waals surface area contributed by atoms with Crippen LogP contribution < -0.4 is 10.1 Å². The second kappa shape index (κ2) is 5.45. The van der Waals surface area contributed by atoms with E-state index in [1.54, 1.807) is 25.3 Å². The van der Waals surface area contributed by atoms with Crippen LogP contribution in [0.4, 0.5) is 5.69 Å². The van der Waals surface area contributed by atoms with Crippen molar-refractivity contribution in [2.24, 2.45) is 0 Å². The molecule has 0 aliphatic rings. The number of hydrogen-bond donors (Lipinski definition) is 2. The van der Waals surface area contributed by atoms with Gasteiger partial charge in [-0.3, -0.25) is 4.40 Å². The Labute approximate surface area is 124 Å². The molecule has 3 aromatic rings. The van der Waals surface area contributed by atoms with E-state index in [0.717, 1.165) is 16.3 Å². The predicted octanol–water partition coefficient (Wildman–Crippen LogP) is 2.71. The number of nitrogens with zero attached hydrogens (tertiary/aromatic N) is 2. The SMILES string of the molecule is COc1nc2sccn2c1CNc1cccc(C(=O)O)c1. The van der Waals surface area contributed by atoms with Crippen molar-refractivity contribution in [1.82, 2.24) is 9.38 Å². The Kier molecular flexibility index (Phi) is 3.49. The van der Waals surface area contributed by atoms with E-state index in [1.165, 1.54) is 11.3 Å². The van der Waals surface area contributed by atoms with Crippen molar-refractivity contribution in [3.63, 3.8) is 0 Å². The van der Waals surface area contributed by atoms with Crippen molar-refractivity contribution in [3.05, 3.63) is 47.1 Å². The number of anilines is 1. The molecule has 3 rings (SSSR count). The summed E-state index contributed by atoms with van der Waals surface area (Å²) in [6.45, 7) is 0.490. The van der Waals surface area contributed by atoms with E-state index in [4.69, 9.17) is 9.84 Å². The lowest BCUT2D eigenvalue weighted by Crippen LogP contribution is -2.05. The number of carbonyl (C=O) groups is 1. The highest BCUT2D eigenvalue weighted by Gasteiger charge is 2.13. The Bertz CT molecular complexity index is 794. The molecule has 0 spiro atoms. The summed E-state index contributed by atoms with van der Waals surface area (Å²) in [5, 5.41) is 14.2. The predicted molar refractivity (Wildman–Crippen MR) is 80.3 cm³/mol. The third-order valence-corrected chi connectivity index (χ3v) is 3.84. The van der Waals surface area contributed by atoms with E-state index in [-0.39, 0.29) is 5.56 Å². The summed E-state index contributed by atoms with van der Waals surface area (Å²) in [6, 6.07) is 6.69. The molecule has 0 aliphatic heterocycles. The molecule has 21 heavy (non-hydrogen) atoms.